The van der Waals surface area contributed by atoms with E-state index in [0.717, 1.165) is 24.5 Å². The lowest BCUT2D eigenvalue weighted by molar-refractivity contribution is 0.410. The highest BCUT2D eigenvalue weighted by Gasteiger charge is 2.06. The molecule has 0 spiro atoms. The van der Waals surface area contributed by atoms with E-state index in [4.69, 9.17) is 16.3 Å². The maximum Gasteiger partial charge on any atom is 0.134 e. The van der Waals surface area contributed by atoms with Crippen molar-refractivity contribution < 1.29 is 4.74 Å². The van der Waals surface area contributed by atoms with Gasteiger partial charge in [0.15, 0.2) is 0 Å². The van der Waals surface area contributed by atoms with Gasteiger partial charge in [-0.05, 0) is 40.9 Å². The summed E-state index contributed by atoms with van der Waals surface area (Å²) in [6, 6.07) is 8.11. The number of hydrogen-bond acceptors (Lipinski definition) is 5. The van der Waals surface area contributed by atoms with E-state index in [9.17, 15) is 0 Å². The van der Waals surface area contributed by atoms with E-state index in [1.807, 2.05) is 0 Å². The molecule has 108 valence electrons. The Kier molecular flexibility index (Phi) is 4.22. The molecular weight excluding hydrogens is 306 g/mol. The second kappa shape index (κ2) is 6.28. The number of nitrogens with one attached hydrogen (secondary N) is 1. The zero-order valence-electron chi connectivity index (χ0n) is 11.5. The molecule has 0 bridgehead atoms. The molecule has 0 fully saturated rings. The summed E-state index contributed by atoms with van der Waals surface area (Å²) in [6.07, 6.45) is 2.29. The topological polar surface area (TPSA) is 47.0 Å². The fourth-order valence-corrected chi connectivity index (χ4v) is 3.13. The number of fused-ring (bicyclic) bond motifs is 1. The maximum absolute atomic E-state index is 5.83. The Morgan fingerprint density at radius 1 is 1.29 bits per heavy atom. The Balaban J connectivity index is 1.72. The second-order valence-electron chi connectivity index (χ2n) is 4.53. The van der Waals surface area contributed by atoms with Crippen LogP contribution in [0.3, 0.4) is 0 Å². The molecule has 2 aromatic heterocycles. The minimum absolute atomic E-state index is 0.435. The summed E-state index contributed by atoms with van der Waals surface area (Å²) in [4.78, 5) is 7.98. The van der Waals surface area contributed by atoms with Gasteiger partial charge in [0.25, 0.3) is 0 Å². The number of halogens is 1. The van der Waals surface area contributed by atoms with Crippen LogP contribution in [-0.2, 0) is 6.42 Å². The molecule has 0 atom stereocenters. The van der Waals surface area contributed by atoms with E-state index in [0.29, 0.717) is 5.15 Å². The molecule has 3 rings (SSSR count). The normalized spacial score (nSPS) is 10.8. The predicted molar refractivity (Wildman–Crippen MR) is 87.6 cm³/mol. The van der Waals surface area contributed by atoms with E-state index in [1.54, 1.807) is 24.5 Å². The van der Waals surface area contributed by atoms with Gasteiger partial charge >= 0.3 is 0 Å². The van der Waals surface area contributed by atoms with Crippen molar-refractivity contribution in [2.45, 2.75) is 6.42 Å². The molecule has 6 heteroatoms. The first kappa shape index (κ1) is 14.1. The molecule has 1 aromatic carbocycles. The minimum Gasteiger partial charge on any atom is -0.496 e. The van der Waals surface area contributed by atoms with Gasteiger partial charge in [0, 0.05) is 17.3 Å². The molecule has 2 heterocycles. The average Bonchev–Trinajstić information content (AvgIpc) is 2.93. The van der Waals surface area contributed by atoms with Crippen LogP contribution in [0.1, 0.15) is 5.56 Å². The number of thiophene rings is 1. The van der Waals surface area contributed by atoms with E-state index in [-0.39, 0.29) is 0 Å². The summed E-state index contributed by atoms with van der Waals surface area (Å²) < 4.78 is 6.72. The number of benzene rings is 1. The molecule has 0 aliphatic rings. The van der Waals surface area contributed by atoms with Crippen molar-refractivity contribution in [3.63, 3.8) is 0 Å². The number of rotatable bonds is 5. The van der Waals surface area contributed by atoms with E-state index < -0.39 is 0 Å². The lowest BCUT2D eigenvalue weighted by Gasteiger charge is -2.10. The first-order valence-corrected chi connectivity index (χ1v) is 7.77. The van der Waals surface area contributed by atoms with Crippen LogP contribution in [0.4, 0.5) is 5.82 Å². The molecule has 0 radical (unpaired) electrons. The van der Waals surface area contributed by atoms with Crippen molar-refractivity contribution in [1.29, 1.82) is 0 Å². The summed E-state index contributed by atoms with van der Waals surface area (Å²) in [5.74, 6) is 1.65. The second-order valence-corrected chi connectivity index (χ2v) is 5.86. The van der Waals surface area contributed by atoms with Crippen molar-refractivity contribution in [3.8, 4) is 5.75 Å². The van der Waals surface area contributed by atoms with E-state index >= 15 is 0 Å². The van der Waals surface area contributed by atoms with Gasteiger partial charge in [-0.25, -0.2) is 9.97 Å². The fourth-order valence-electron chi connectivity index (χ4n) is 2.18. The summed E-state index contributed by atoms with van der Waals surface area (Å²) in [5, 5.41) is 7.02. The third kappa shape index (κ3) is 3.25. The van der Waals surface area contributed by atoms with Gasteiger partial charge in [0.1, 0.15) is 23.0 Å². The highest BCUT2D eigenvalue weighted by atomic mass is 35.5. The van der Waals surface area contributed by atoms with Gasteiger partial charge in [-0.3, -0.25) is 0 Å². The first-order chi connectivity index (χ1) is 10.3. The predicted octanol–water partition coefficient (Wildman–Crippen LogP) is 4.01. The monoisotopic (exact) mass is 319 g/mol. The first-order valence-electron chi connectivity index (χ1n) is 6.52. The molecule has 0 aliphatic carbocycles. The molecule has 4 nitrogen and oxygen atoms in total. The van der Waals surface area contributed by atoms with Crippen LogP contribution in [0, 0.1) is 0 Å². The van der Waals surface area contributed by atoms with Gasteiger partial charge in [0.2, 0.25) is 0 Å². The standard InChI is InChI=1S/C15H14ClN3OS/c1-20-12-7-13-11(3-5-21-13)6-10(12)2-4-17-15-8-14(16)18-9-19-15/h3,5-9H,2,4H2,1H3,(H,17,18,19). The fraction of sp³-hybridized carbons (Fsp3) is 0.200. The molecule has 0 saturated heterocycles. The number of ether oxygens (including phenoxy) is 1. The summed E-state index contributed by atoms with van der Waals surface area (Å²) in [7, 11) is 1.70. The third-order valence-corrected chi connectivity index (χ3v) is 4.28. The number of nitrogens with zero attached hydrogens (tertiary/aromatic N) is 2. The lowest BCUT2D eigenvalue weighted by atomic mass is 10.1. The quantitative estimate of drug-likeness (QED) is 0.722. The van der Waals surface area contributed by atoms with Crippen LogP contribution >= 0.6 is 22.9 Å². The van der Waals surface area contributed by atoms with Gasteiger partial charge in [-0.2, -0.15) is 0 Å². The van der Waals surface area contributed by atoms with Crippen molar-refractivity contribution in [3.05, 3.63) is 46.7 Å². The maximum atomic E-state index is 5.83. The van der Waals surface area contributed by atoms with Gasteiger partial charge in [0.05, 0.1) is 7.11 Å². The third-order valence-electron chi connectivity index (χ3n) is 3.19. The van der Waals surface area contributed by atoms with Gasteiger partial charge in [-0.15, -0.1) is 11.3 Å². The van der Waals surface area contributed by atoms with Crippen molar-refractivity contribution in [2.75, 3.05) is 19.0 Å². The SMILES string of the molecule is COc1cc2sccc2cc1CCNc1cc(Cl)ncn1. The molecule has 0 saturated carbocycles. The number of hydrogen-bond donors (Lipinski definition) is 1. The Morgan fingerprint density at radius 2 is 2.19 bits per heavy atom. The van der Waals surface area contributed by atoms with Gasteiger partial charge in [-0.1, -0.05) is 11.6 Å². The Hall–Kier alpha value is -1.85. The average molecular weight is 320 g/mol. The number of anilines is 1. The minimum atomic E-state index is 0.435. The molecule has 0 amide bonds. The largest absolute Gasteiger partial charge is 0.496 e. The molecular formula is C15H14ClN3OS. The molecule has 0 unspecified atom stereocenters. The molecule has 1 N–H and O–H groups in total. The van der Waals surface area contributed by atoms with Crippen LogP contribution in [0.5, 0.6) is 5.75 Å². The van der Waals surface area contributed by atoms with Crippen LogP contribution in [0.15, 0.2) is 36.0 Å². The van der Waals surface area contributed by atoms with Crippen LogP contribution in [0.25, 0.3) is 10.1 Å². The van der Waals surface area contributed by atoms with Crippen molar-refractivity contribution in [1.82, 2.24) is 9.97 Å². The van der Waals surface area contributed by atoms with Crippen LogP contribution < -0.4 is 10.1 Å². The molecule has 21 heavy (non-hydrogen) atoms. The van der Waals surface area contributed by atoms with Crippen LogP contribution in [-0.4, -0.2) is 23.6 Å². The highest BCUT2D eigenvalue weighted by Crippen LogP contribution is 2.29. The van der Waals surface area contributed by atoms with Crippen molar-refractivity contribution >= 4 is 38.8 Å². The number of methoxy groups -OCH3 is 1. The highest BCUT2D eigenvalue weighted by molar-refractivity contribution is 7.17. The summed E-state index contributed by atoms with van der Waals surface area (Å²) in [5.41, 5.74) is 1.18. The zero-order chi connectivity index (χ0) is 14.7. The lowest BCUT2D eigenvalue weighted by Crippen LogP contribution is -2.07. The smallest absolute Gasteiger partial charge is 0.134 e. The zero-order valence-corrected chi connectivity index (χ0v) is 13.0. The molecule has 3 aromatic rings. The van der Waals surface area contributed by atoms with E-state index in [1.165, 1.54) is 22.0 Å². The Morgan fingerprint density at radius 3 is 3.00 bits per heavy atom. The Labute approximate surface area is 131 Å². The van der Waals surface area contributed by atoms with Crippen LogP contribution in [0.2, 0.25) is 5.15 Å². The molecule has 0 aliphatic heterocycles. The number of aromatic nitrogens is 2. The van der Waals surface area contributed by atoms with Crippen molar-refractivity contribution in [2.24, 2.45) is 0 Å². The summed E-state index contributed by atoms with van der Waals surface area (Å²) >= 11 is 7.55. The van der Waals surface area contributed by atoms with E-state index in [2.05, 4.69) is 38.9 Å². The summed E-state index contributed by atoms with van der Waals surface area (Å²) in [6.45, 7) is 0.749. The Bertz CT molecular complexity index is 760. The van der Waals surface area contributed by atoms with Gasteiger partial charge < -0.3 is 10.1 Å².